The van der Waals surface area contributed by atoms with Gasteiger partial charge in [-0.1, -0.05) is 27.2 Å². The van der Waals surface area contributed by atoms with Crippen LogP contribution in [0.1, 0.15) is 94.2 Å². The van der Waals surface area contributed by atoms with Crippen molar-refractivity contribution in [3.63, 3.8) is 0 Å². The highest BCUT2D eigenvalue weighted by Crippen LogP contribution is 2.64. The Labute approximate surface area is 221 Å². The fraction of sp³-hybridized carbons (Fsp3) is 0.714. The maximum absolute atomic E-state index is 5.38. The minimum Gasteiger partial charge on any atom is -0.225 e. The van der Waals surface area contributed by atoms with E-state index in [4.69, 9.17) is 20.2 Å². The Balaban J connectivity index is 1.22. The Morgan fingerprint density at radius 2 is 1.95 bits per heavy atom. The van der Waals surface area contributed by atoms with Crippen LogP contribution in [0.2, 0.25) is 0 Å². The van der Waals surface area contributed by atoms with Crippen LogP contribution < -0.4 is 0 Å². The highest BCUT2D eigenvalue weighted by molar-refractivity contribution is 7.19. The van der Waals surface area contributed by atoms with Crippen molar-refractivity contribution >= 4 is 27.2 Å². The Bertz CT molecular complexity index is 1530. The van der Waals surface area contributed by atoms with E-state index in [-0.39, 0.29) is 11.0 Å². The van der Waals surface area contributed by atoms with Gasteiger partial charge in [0.25, 0.3) is 0 Å². The highest BCUT2D eigenvalue weighted by atomic mass is 32.1. The van der Waals surface area contributed by atoms with E-state index in [1.807, 2.05) is 33.9 Å². The normalized spacial score (nSPS) is 33.0. The first-order valence-electron chi connectivity index (χ1n) is 14.2. The van der Waals surface area contributed by atoms with E-state index >= 15 is 0 Å². The van der Waals surface area contributed by atoms with Crippen LogP contribution >= 0.6 is 11.3 Å². The average Bonchev–Trinajstić information content (AvgIpc) is 3.59. The van der Waals surface area contributed by atoms with Crippen molar-refractivity contribution in [2.75, 3.05) is 0 Å². The third-order valence-corrected chi connectivity index (χ3v) is 12.0. The molecule has 5 aliphatic rings. The number of tetrazole rings is 1. The largest absolute Gasteiger partial charge is 0.225 e. The van der Waals surface area contributed by atoms with Crippen molar-refractivity contribution in [3.05, 3.63) is 28.4 Å². The summed E-state index contributed by atoms with van der Waals surface area (Å²) in [7, 11) is 0. The number of nitrogens with zero attached hydrogens (tertiary/aromatic N) is 8. The van der Waals surface area contributed by atoms with E-state index in [0.29, 0.717) is 17.3 Å². The third kappa shape index (κ3) is 3.12. The van der Waals surface area contributed by atoms with Crippen LogP contribution in [0.25, 0.3) is 15.9 Å². The molecule has 4 aromatic rings. The smallest absolute Gasteiger partial charge is 0.171 e. The molecule has 4 bridgehead atoms. The van der Waals surface area contributed by atoms with Crippen molar-refractivity contribution < 1.29 is 0 Å². The molecule has 0 spiro atoms. The molecule has 4 saturated carbocycles. The summed E-state index contributed by atoms with van der Waals surface area (Å²) in [4.78, 5) is 14.9. The maximum Gasteiger partial charge on any atom is 0.171 e. The van der Waals surface area contributed by atoms with Gasteiger partial charge in [-0.2, -0.15) is 4.80 Å². The zero-order valence-electron chi connectivity index (χ0n) is 22.4. The first kappa shape index (κ1) is 22.6. The lowest BCUT2D eigenvalue weighted by Gasteiger charge is -2.60. The van der Waals surface area contributed by atoms with Gasteiger partial charge in [-0.05, 0) is 98.7 Å². The van der Waals surface area contributed by atoms with Gasteiger partial charge in [-0.25, -0.2) is 14.5 Å². The molecule has 4 fully saturated rings. The molecule has 0 saturated heterocycles. The fourth-order valence-corrected chi connectivity index (χ4v) is 10.2. The summed E-state index contributed by atoms with van der Waals surface area (Å²) in [6, 6.07) is 0. The number of rotatable bonds is 4. The predicted octanol–water partition coefficient (Wildman–Crippen LogP) is 5.42. The van der Waals surface area contributed by atoms with Crippen molar-refractivity contribution in [1.29, 1.82) is 0 Å². The Morgan fingerprint density at radius 3 is 2.68 bits per heavy atom. The van der Waals surface area contributed by atoms with Crippen LogP contribution in [0.15, 0.2) is 6.33 Å². The summed E-state index contributed by atoms with van der Waals surface area (Å²) in [6.07, 6.45) is 13.7. The molecule has 0 N–H and O–H groups in total. The second kappa shape index (κ2) is 7.36. The number of thiophene rings is 1. The van der Waals surface area contributed by atoms with Gasteiger partial charge in [0, 0.05) is 10.3 Å². The minimum absolute atomic E-state index is 0.00368. The van der Waals surface area contributed by atoms with Crippen LogP contribution in [-0.2, 0) is 23.8 Å². The van der Waals surface area contributed by atoms with Crippen LogP contribution in [0.4, 0.5) is 0 Å². The molecule has 0 aromatic carbocycles. The van der Waals surface area contributed by atoms with E-state index in [1.165, 1.54) is 54.4 Å². The van der Waals surface area contributed by atoms with E-state index in [1.54, 1.807) is 0 Å². The maximum atomic E-state index is 5.38. The molecule has 9 rings (SSSR count). The van der Waals surface area contributed by atoms with Gasteiger partial charge in [0.05, 0.1) is 10.9 Å². The molecule has 37 heavy (non-hydrogen) atoms. The molecule has 8 nitrogen and oxygen atoms in total. The summed E-state index contributed by atoms with van der Waals surface area (Å²) >= 11 is 1.89. The Kier molecular flexibility index (Phi) is 4.49. The zero-order chi connectivity index (χ0) is 25.2. The van der Waals surface area contributed by atoms with Crippen LogP contribution in [0.5, 0.6) is 0 Å². The van der Waals surface area contributed by atoms with Gasteiger partial charge in [0.15, 0.2) is 17.3 Å². The number of aryl methyl sites for hydroxylation is 2. The average molecular weight is 517 g/mol. The van der Waals surface area contributed by atoms with Gasteiger partial charge in [-0.3, -0.25) is 0 Å². The minimum atomic E-state index is -0.0426. The van der Waals surface area contributed by atoms with Crippen molar-refractivity contribution in [2.24, 2.45) is 23.2 Å². The summed E-state index contributed by atoms with van der Waals surface area (Å²) < 4.78 is 1.98. The monoisotopic (exact) mass is 516 g/mol. The summed E-state index contributed by atoms with van der Waals surface area (Å²) in [5, 5.41) is 19.9. The van der Waals surface area contributed by atoms with Crippen molar-refractivity contribution in [3.8, 4) is 0 Å². The third-order valence-electron chi connectivity index (χ3n) is 10.8. The molecule has 0 aliphatic heterocycles. The lowest BCUT2D eigenvalue weighted by atomic mass is 9.46. The van der Waals surface area contributed by atoms with Crippen molar-refractivity contribution in [2.45, 2.75) is 103 Å². The summed E-state index contributed by atoms with van der Waals surface area (Å²) in [5.41, 5.74) is 2.84. The Hall–Kier alpha value is -2.42. The topological polar surface area (TPSA) is 86.7 Å². The molecule has 5 atom stereocenters. The van der Waals surface area contributed by atoms with Gasteiger partial charge in [0.2, 0.25) is 0 Å². The SMILES string of the molecule is CCC(C)(C)[C@@H]1CCc2c(sc3ncn4nc(C56C[C@H]7C[C@@H](C5)CC(n5nnc(C)n5)(C7)C6)nc4c23)C1. The van der Waals surface area contributed by atoms with Gasteiger partial charge >= 0.3 is 0 Å². The van der Waals surface area contributed by atoms with Gasteiger partial charge < -0.3 is 0 Å². The van der Waals surface area contributed by atoms with Gasteiger partial charge in [0.1, 0.15) is 11.2 Å². The van der Waals surface area contributed by atoms with E-state index in [9.17, 15) is 0 Å². The van der Waals surface area contributed by atoms with Crippen LogP contribution in [0.3, 0.4) is 0 Å². The number of hydrogen-bond donors (Lipinski definition) is 0. The number of aromatic nitrogens is 8. The fourth-order valence-electron chi connectivity index (χ4n) is 8.95. The van der Waals surface area contributed by atoms with Gasteiger partial charge in [-0.15, -0.1) is 26.6 Å². The molecule has 0 amide bonds. The molecule has 194 valence electrons. The second-order valence-corrected chi connectivity index (χ2v) is 14.6. The van der Waals surface area contributed by atoms with Crippen LogP contribution in [0, 0.1) is 30.1 Å². The molecular weight excluding hydrogens is 480 g/mol. The molecule has 2 unspecified atom stereocenters. The first-order chi connectivity index (χ1) is 17.8. The molecule has 0 radical (unpaired) electrons. The number of hydrogen-bond acceptors (Lipinski definition) is 7. The molecule has 4 heterocycles. The van der Waals surface area contributed by atoms with E-state index in [0.717, 1.165) is 53.7 Å². The molecule has 5 aliphatic carbocycles. The lowest BCUT2D eigenvalue weighted by molar-refractivity contribution is -0.0785. The van der Waals surface area contributed by atoms with Crippen LogP contribution in [-0.4, -0.2) is 39.8 Å². The van der Waals surface area contributed by atoms with Crippen molar-refractivity contribution in [1.82, 2.24) is 39.8 Å². The number of fused-ring (bicyclic) bond motifs is 5. The summed E-state index contributed by atoms with van der Waals surface area (Å²) in [5.74, 6) is 3.89. The quantitative estimate of drug-likeness (QED) is 0.360. The van der Waals surface area contributed by atoms with E-state index < -0.39 is 0 Å². The Morgan fingerprint density at radius 1 is 1.14 bits per heavy atom. The highest BCUT2D eigenvalue weighted by Gasteiger charge is 2.61. The first-order valence-corrected chi connectivity index (χ1v) is 15.0. The molecule has 4 aromatic heterocycles. The predicted molar refractivity (Wildman–Crippen MR) is 143 cm³/mol. The standard InChI is InChI=1S/C28H36N8S/c1-5-26(3,4)19-6-7-20-21(9-19)37-24-22(20)23-30-25(33-35(23)15-29-24)27-10-17-8-18(11-27)13-28(12-17,14-27)36-32-16(2)31-34-36/h15,17-19H,5-14H2,1-4H3/t17-,18+,19-,27?,28?/m1/s1. The lowest BCUT2D eigenvalue weighted by Crippen LogP contribution is -2.59. The molecule has 9 heteroatoms. The summed E-state index contributed by atoms with van der Waals surface area (Å²) in [6.45, 7) is 9.14. The van der Waals surface area contributed by atoms with E-state index in [2.05, 4.69) is 31.1 Å². The molecular formula is C28H36N8S. The zero-order valence-corrected chi connectivity index (χ0v) is 23.2. The second-order valence-electron chi connectivity index (χ2n) is 13.5.